The summed E-state index contributed by atoms with van der Waals surface area (Å²) in [5.74, 6) is 1.56. The molecular formula is C17H13BrO2S. The van der Waals surface area contributed by atoms with Crippen LogP contribution in [-0.4, -0.2) is 7.11 Å². The van der Waals surface area contributed by atoms with E-state index in [1.165, 1.54) is 0 Å². The molecule has 1 heterocycles. The average molecular weight is 361 g/mol. The van der Waals surface area contributed by atoms with Gasteiger partial charge in [-0.3, -0.25) is 0 Å². The molecule has 0 aliphatic heterocycles. The third-order valence-electron chi connectivity index (χ3n) is 3.30. The van der Waals surface area contributed by atoms with Gasteiger partial charge in [0.25, 0.3) is 0 Å². The van der Waals surface area contributed by atoms with Crippen molar-refractivity contribution in [2.45, 2.75) is 6.92 Å². The summed E-state index contributed by atoms with van der Waals surface area (Å²) in [5, 5.41) is 0.953. The Morgan fingerprint density at radius 2 is 1.81 bits per heavy atom. The van der Waals surface area contributed by atoms with Crippen LogP contribution < -0.4 is 4.74 Å². The van der Waals surface area contributed by atoms with E-state index < -0.39 is 0 Å². The van der Waals surface area contributed by atoms with Crippen molar-refractivity contribution in [3.8, 4) is 17.1 Å². The molecule has 21 heavy (non-hydrogen) atoms. The zero-order valence-corrected chi connectivity index (χ0v) is 14.0. The molecule has 0 saturated carbocycles. The van der Waals surface area contributed by atoms with Crippen LogP contribution in [0.25, 0.3) is 22.3 Å². The van der Waals surface area contributed by atoms with Crippen molar-refractivity contribution in [3.63, 3.8) is 0 Å². The fourth-order valence-corrected chi connectivity index (χ4v) is 3.16. The molecule has 2 aromatic carbocycles. The Morgan fingerprint density at radius 1 is 1.10 bits per heavy atom. The molecule has 0 aliphatic carbocycles. The minimum Gasteiger partial charge on any atom is -0.497 e. The summed E-state index contributed by atoms with van der Waals surface area (Å²) in [6.45, 7) is 2.04. The lowest BCUT2D eigenvalue weighted by molar-refractivity contribution is 0.415. The highest BCUT2D eigenvalue weighted by molar-refractivity contribution is 9.10. The second kappa shape index (κ2) is 5.62. The number of benzene rings is 2. The van der Waals surface area contributed by atoms with Crippen LogP contribution >= 0.6 is 28.1 Å². The van der Waals surface area contributed by atoms with E-state index in [4.69, 9.17) is 21.4 Å². The summed E-state index contributed by atoms with van der Waals surface area (Å²) >= 11 is 9.05. The number of halogens is 1. The number of ether oxygens (including phenoxy) is 1. The monoisotopic (exact) mass is 360 g/mol. The largest absolute Gasteiger partial charge is 0.497 e. The molecule has 3 rings (SSSR count). The molecule has 0 fully saturated rings. The van der Waals surface area contributed by atoms with E-state index in [-0.39, 0.29) is 0 Å². The van der Waals surface area contributed by atoms with E-state index in [9.17, 15) is 0 Å². The van der Waals surface area contributed by atoms with Gasteiger partial charge in [-0.2, -0.15) is 0 Å². The van der Waals surface area contributed by atoms with Crippen LogP contribution in [0.1, 0.15) is 5.56 Å². The highest BCUT2D eigenvalue weighted by atomic mass is 79.9. The molecule has 106 valence electrons. The predicted molar refractivity (Wildman–Crippen MR) is 91.5 cm³/mol. The maximum atomic E-state index is 6.03. The maximum absolute atomic E-state index is 6.03. The molecule has 0 amide bonds. The molecule has 0 N–H and O–H groups in total. The van der Waals surface area contributed by atoms with Gasteiger partial charge in [-0.25, -0.2) is 0 Å². The fraction of sp³-hybridized carbons (Fsp3) is 0.118. The van der Waals surface area contributed by atoms with Gasteiger partial charge in [0.15, 0.2) is 0 Å². The van der Waals surface area contributed by atoms with Gasteiger partial charge in [-0.05, 0) is 64.8 Å². The summed E-state index contributed by atoms with van der Waals surface area (Å²) in [6.07, 6.45) is 0. The highest BCUT2D eigenvalue weighted by Crippen LogP contribution is 2.32. The first-order valence-corrected chi connectivity index (χ1v) is 7.67. The van der Waals surface area contributed by atoms with Crippen LogP contribution in [0.15, 0.2) is 51.4 Å². The zero-order valence-electron chi connectivity index (χ0n) is 11.6. The summed E-state index contributed by atoms with van der Waals surface area (Å²) in [6, 6.07) is 13.7. The molecule has 0 unspecified atom stereocenters. The number of fused-ring (bicyclic) bond motifs is 1. The van der Waals surface area contributed by atoms with Gasteiger partial charge in [-0.1, -0.05) is 12.2 Å². The van der Waals surface area contributed by atoms with Crippen LogP contribution in [0.5, 0.6) is 5.75 Å². The van der Waals surface area contributed by atoms with Gasteiger partial charge >= 0.3 is 0 Å². The lowest BCUT2D eigenvalue weighted by Gasteiger charge is -2.07. The van der Waals surface area contributed by atoms with Crippen molar-refractivity contribution in [1.29, 1.82) is 0 Å². The van der Waals surface area contributed by atoms with Crippen molar-refractivity contribution in [3.05, 3.63) is 57.0 Å². The molecule has 2 nitrogen and oxygen atoms in total. The van der Waals surface area contributed by atoms with Crippen LogP contribution in [0.3, 0.4) is 0 Å². The van der Waals surface area contributed by atoms with Gasteiger partial charge in [0.05, 0.1) is 16.1 Å². The van der Waals surface area contributed by atoms with E-state index in [1.54, 1.807) is 7.11 Å². The van der Waals surface area contributed by atoms with Crippen molar-refractivity contribution < 1.29 is 9.15 Å². The summed E-state index contributed by atoms with van der Waals surface area (Å²) in [4.78, 5) is 0. The molecular weight excluding hydrogens is 348 g/mol. The Balaban J connectivity index is 2.22. The minimum absolute atomic E-state index is 0.750. The molecule has 0 spiro atoms. The van der Waals surface area contributed by atoms with Gasteiger partial charge < -0.3 is 9.15 Å². The van der Waals surface area contributed by atoms with Crippen LogP contribution in [0.2, 0.25) is 0 Å². The van der Waals surface area contributed by atoms with Crippen molar-refractivity contribution in [2.75, 3.05) is 7.11 Å². The first kappa shape index (κ1) is 14.3. The number of hydrogen-bond acceptors (Lipinski definition) is 3. The third kappa shape index (κ3) is 2.74. The fourth-order valence-electron chi connectivity index (χ4n) is 2.25. The standard InChI is InChI=1S/C17H13BrO2S/c1-10-7-13-16(21)9-15(20-17(13)14(18)8-10)11-3-5-12(19-2)6-4-11/h3-9H,1-2H3. The Bertz CT molecular complexity index is 866. The van der Waals surface area contributed by atoms with Crippen LogP contribution in [-0.2, 0) is 0 Å². The van der Waals surface area contributed by atoms with Gasteiger partial charge in [0.1, 0.15) is 17.1 Å². The SMILES string of the molecule is COc1ccc(-c2cc(=S)c3cc(C)cc(Br)c3o2)cc1. The molecule has 4 heteroatoms. The average Bonchev–Trinajstić information content (AvgIpc) is 2.48. The van der Waals surface area contributed by atoms with Crippen LogP contribution in [0.4, 0.5) is 0 Å². The number of methoxy groups -OCH3 is 1. The Labute approximate surface area is 136 Å². The second-order valence-corrected chi connectivity index (χ2v) is 6.12. The van der Waals surface area contributed by atoms with Gasteiger partial charge in [-0.15, -0.1) is 0 Å². The number of rotatable bonds is 2. The summed E-state index contributed by atoms with van der Waals surface area (Å²) in [5.41, 5.74) is 2.89. The summed E-state index contributed by atoms with van der Waals surface area (Å²) < 4.78 is 12.9. The Kier molecular flexibility index (Phi) is 3.83. The summed E-state index contributed by atoms with van der Waals surface area (Å²) in [7, 11) is 1.65. The molecule has 0 aliphatic rings. The molecule has 0 radical (unpaired) electrons. The second-order valence-electron chi connectivity index (χ2n) is 4.83. The van der Waals surface area contributed by atoms with Crippen molar-refractivity contribution in [1.82, 2.24) is 0 Å². The predicted octanol–water partition coefficient (Wildman–Crippen LogP) is 5.91. The van der Waals surface area contributed by atoms with E-state index in [1.807, 2.05) is 49.4 Å². The smallest absolute Gasteiger partial charge is 0.150 e. The number of hydrogen-bond donors (Lipinski definition) is 0. The van der Waals surface area contributed by atoms with Crippen molar-refractivity contribution >= 4 is 39.1 Å². The van der Waals surface area contributed by atoms with E-state index in [0.717, 1.165) is 42.6 Å². The first-order chi connectivity index (χ1) is 10.1. The lowest BCUT2D eigenvalue weighted by Crippen LogP contribution is -1.85. The van der Waals surface area contributed by atoms with Gasteiger partial charge in [0, 0.05) is 17.0 Å². The molecule has 1 aromatic heterocycles. The lowest BCUT2D eigenvalue weighted by atomic mass is 10.1. The Morgan fingerprint density at radius 3 is 2.48 bits per heavy atom. The quantitative estimate of drug-likeness (QED) is 0.530. The first-order valence-electron chi connectivity index (χ1n) is 6.47. The molecule has 0 saturated heterocycles. The Hall–Kier alpha value is -1.65. The van der Waals surface area contributed by atoms with E-state index in [2.05, 4.69) is 15.9 Å². The van der Waals surface area contributed by atoms with E-state index in [0.29, 0.717) is 0 Å². The van der Waals surface area contributed by atoms with Crippen LogP contribution in [0, 0.1) is 11.4 Å². The van der Waals surface area contributed by atoms with E-state index >= 15 is 0 Å². The normalized spacial score (nSPS) is 10.8. The number of aryl methyl sites for hydroxylation is 1. The molecule has 0 atom stereocenters. The third-order valence-corrected chi connectivity index (χ3v) is 4.23. The minimum atomic E-state index is 0.750. The molecule has 3 aromatic rings. The maximum Gasteiger partial charge on any atom is 0.150 e. The highest BCUT2D eigenvalue weighted by Gasteiger charge is 2.09. The zero-order chi connectivity index (χ0) is 15.0. The molecule has 0 bridgehead atoms. The topological polar surface area (TPSA) is 22.4 Å². The van der Waals surface area contributed by atoms with Gasteiger partial charge in [0.2, 0.25) is 0 Å². The van der Waals surface area contributed by atoms with Crippen molar-refractivity contribution in [2.24, 2.45) is 0 Å².